The Morgan fingerprint density at radius 3 is 2.69 bits per heavy atom. The summed E-state index contributed by atoms with van der Waals surface area (Å²) in [6.45, 7) is 0. The lowest BCUT2D eigenvalue weighted by Crippen LogP contribution is -2.00. The molecule has 2 nitrogen and oxygen atoms in total. The predicted molar refractivity (Wildman–Crippen MR) is 60.0 cm³/mol. The summed E-state index contributed by atoms with van der Waals surface area (Å²) < 4.78 is 1.65. The van der Waals surface area contributed by atoms with E-state index in [1.165, 1.54) is 6.07 Å². The largest absolute Gasteiger partial charge is 0.349 e. The lowest BCUT2D eigenvalue weighted by Gasteiger charge is -1.98. The fourth-order valence-electron chi connectivity index (χ4n) is 1.19. The Kier molecular flexibility index (Phi) is 2.26. The monoisotopic (exact) mass is 301 g/mol. The van der Waals surface area contributed by atoms with Crippen LogP contribution in [0.3, 0.4) is 0 Å². The first-order chi connectivity index (χ1) is 6.16. The van der Waals surface area contributed by atoms with Gasteiger partial charge in [-0.1, -0.05) is 15.9 Å². The average Bonchev–Trinajstić information content (AvgIpc) is 2.02. The summed E-state index contributed by atoms with van der Waals surface area (Å²) in [5.41, 5.74) is 0.849. The van der Waals surface area contributed by atoms with E-state index >= 15 is 0 Å². The third-order valence-corrected chi connectivity index (χ3v) is 2.68. The summed E-state index contributed by atoms with van der Waals surface area (Å²) in [5, 5.41) is 0.700. The van der Waals surface area contributed by atoms with Crippen LogP contribution in [0.4, 0.5) is 0 Å². The van der Waals surface area contributed by atoms with Crippen molar-refractivity contribution in [2.45, 2.75) is 0 Å². The number of H-pyrrole nitrogens is 1. The van der Waals surface area contributed by atoms with Gasteiger partial charge >= 0.3 is 0 Å². The molecule has 13 heavy (non-hydrogen) atoms. The zero-order valence-corrected chi connectivity index (χ0v) is 9.65. The highest BCUT2D eigenvalue weighted by molar-refractivity contribution is 9.10. The second kappa shape index (κ2) is 3.27. The maximum atomic E-state index is 11.4. The maximum absolute atomic E-state index is 11.4. The van der Waals surface area contributed by atoms with E-state index in [1.807, 2.05) is 12.1 Å². The molecule has 0 aliphatic heterocycles. The van der Waals surface area contributed by atoms with Crippen LogP contribution in [0.15, 0.2) is 38.1 Å². The molecular formula is C9H5Br2NO. The molecular weight excluding hydrogens is 298 g/mol. The Morgan fingerprint density at radius 1 is 1.15 bits per heavy atom. The van der Waals surface area contributed by atoms with Crippen molar-refractivity contribution in [3.8, 4) is 0 Å². The molecule has 1 N–H and O–H groups in total. The van der Waals surface area contributed by atoms with E-state index in [0.29, 0.717) is 9.99 Å². The highest BCUT2D eigenvalue weighted by Crippen LogP contribution is 2.17. The lowest BCUT2D eigenvalue weighted by atomic mass is 10.2. The highest BCUT2D eigenvalue weighted by atomic mass is 79.9. The Bertz CT molecular complexity index is 513. The quantitative estimate of drug-likeness (QED) is 0.746. The van der Waals surface area contributed by atoms with Gasteiger partial charge in [0.15, 0.2) is 5.43 Å². The first kappa shape index (κ1) is 8.97. The van der Waals surface area contributed by atoms with Crippen LogP contribution in [0.2, 0.25) is 0 Å². The molecule has 0 saturated carbocycles. The number of halogens is 2. The van der Waals surface area contributed by atoms with Gasteiger partial charge in [-0.3, -0.25) is 4.79 Å². The van der Waals surface area contributed by atoms with Crippen LogP contribution < -0.4 is 5.43 Å². The van der Waals surface area contributed by atoms with E-state index in [0.717, 1.165) is 9.99 Å². The van der Waals surface area contributed by atoms with Gasteiger partial charge < -0.3 is 4.98 Å². The van der Waals surface area contributed by atoms with Crippen molar-refractivity contribution >= 4 is 42.8 Å². The third kappa shape index (κ3) is 1.69. The van der Waals surface area contributed by atoms with Gasteiger partial charge in [0.25, 0.3) is 0 Å². The topological polar surface area (TPSA) is 32.9 Å². The van der Waals surface area contributed by atoms with E-state index < -0.39 is 0 Å². The predicted octanol–water partition coefficient (Wildman–Crippen LogP) is 3.05. The number of fused-ring (bicyclic) bond motifs is 1. The fourth-order valence-corrected chi connectivity index (χ4v) is 1.97. The first-order valence-electron chi connectivity index (χ1n) is 3.65. The Morgan fingerprint density at radius 2 is 1.92 bits per heavy atom. The molecule has 0 aliphatic rings. The molecule has 0 spiro atoms. The fraction of sp³-hybridized carbons (Fsp3) is 0. The first-order valence-corrected chi connectivity index (χ1v) is 5.23. The zero-order chi connectivity index (χ0) is 9.42. The van der Waals surface area contributed by atoms with Gasteiger partial charge in [0.1, 0.15) is 0 Å². The smallest absolute Gasteiger partial charge is 0.190 e. The molecule has 0 radical (unpaired) electrons. The molecule has 1 heterocycles. The molecule has 0 saturated heterocycles. The lowest BCUT2D eigenvalue weighted by molar-refractivity contribution is 1.33. The minimum Gasteiger partial charge on any atom is -0.349 e. The molecule has 0 atom stereocenters. The van der Waals surface area contributed by atoms with Crippen molar-refractivity contribution in [1.82, 2.24) is 4.98 Å². The summed E-state index contributed by atoms with van der Waals surface area (Å²) in [5.74, 6) is 0. The minimum absolute atomic E-state index is 0.0214. The maximum Gasteiger partial charge on any atom is 0.190 e. The van der Waals surface area contributed by atoms with Crippen LogP contribution in [-0.4, -0.2) is 4.98 Å². The normalized spacial score (nSPS) is 10.6. The number of benzene rings is 1. The second-order valence-electron chi connectivity index (χ2n) is 2.67. The van der Waals surface area contributed by atoms with Crippen LogP contribution in [0.25, 0.3) is 10.9 Å². The van der Waals surface area contributed by atoms with Crippen molar-refractivity contribution in [3.63, 3.8) is 0 Å². The van der Waals surface area contributed by atoms with Gasteiger partial charge in [0.2, 0.25) is 0 Å². The van der Waals surface area contributed by atoms with E-state index in [2.05, 4.69) is 36.8 Å². The number of hydrogen-bond donors (Lipinski definition) is 1. The summed E-state index contributed by atoms with van der Waals surface area (Å²) in [6, 6.07) is 7.05. The molecule has 66 valence electrons. The van der Waals surface area contributed by atoms with Crippen molar-refractivity contribution in [3.05, 3.63) is 43.6 Å². The number of rotatable bonds is 0. The molecule has 0 unspecified atom stereocenters. The number of aromatic nitrogens is 1. The van der Waals surface area contributed by atoms with Crippen LogP contribution in [0, 0.1) is 0 Å². The van der Waals surface area contributed by atoms with Crippen molar-refractivity contribution in [2.24, 2.45) is 0 Å². The molecule has 4 heteroatoms. The van der Waals surface area contributed by atoms with Gasteiger partial charge in [-0.25, -0.2) is 0 Å². The SMILES string of the molecule is O=c1cc(Br)[nH]c2cc(Br)ccc12. The van der Waals surface area contributed by atoms with Crippen LogP contribution in [-0.2, 0) is 0 Å². The number of nitrogens with one attached hydrogen (secondary N) is 1. The second-order valence-corrected chi connectivity index (χ2v) is 4.44. The van der Waals surface area contributed by atoms with Gasteiger partial charge in [0.05, 0.1) is 10.1 Å². The van der Waals surface area contributed by atoms with Gasteiger partial charge in [-0.15, -0.1) is 0 Å². The molecule has 2 aromatic rings. The summed E-state index contributed by atoms with van der Waals surface area (Å²) in [4.78, 5) is 14.5. The van der Waals surface area contributed by atoms with Crippen LogP contribution in [0.1, 0.15) is 0 Å². The standard InChI is InChI=1S/C9H5Br2NO/c10-5-1-2-6-7(3-5)12-9(11)4-8(6)13/h1-4H,(H,12,13). The van der Waals surface area contributed by atoms with Crippen LogP contribution >= 0.6 is 31.9 Å². The molecule has 0 bridgehead atoms. The summed E-state index contributed by atoms with van der Waals surface area (Å²) in [6.07, 6.45) is 0. The molecule has 2 rings (SSSR count). The van der Waals surface area contributed by atoms with E-state index in [9.17, 15) is 4.79 Å². The highest BCUT2D eigenvalue weighted by Gasteiger charge is 1.99. The number of pyridine rings is 1. The van der Waals surface area contributed by atoms with Gasteiger partial charge in [-0.2, -0.15) is 0 Å². The Balaban J connectivity index is 2.95. The van der Waals surface area contributed by atoms with Gasteiger partial charge in [0, 0.05) is 15.9 Å². The van der Waals surface area contributed by atoms with Gasteiger partial charge in [-0.05, 0) is 34.1 Å². The minimum atomic E-state index is 0.0214. The molecule has 1 aromatic heterocycles. The Labute approximate surface area is 91.2 Å². The number of hydrogen-bond acceptors (Lipinski definition) is 1. The Hall–Kier alpha value is -0.610. The summed E-state index contributed by atoms with van der Waals surface area (Å²) in [7, 11) is 0. The third-order valence-electron chi connectivity index (χ3n) is 1.76. The molecule has 0 fully saturated rings. The number of aromatic amines is 1. The van der Waals surface area contributed by atoms with Crippen molar-refractivity contribution in [2.75, 3.05) is 0 Å². The molecule has 0 aliphatic carbocycles. The van der Waals surface area contributed by atoms with E-state index in [-0.39, 0.29) is 5.43 Å². The van der Waals surface area contributed by atoms with Crippen molar-refractivity contribution in [1.29, 1.82) is 0 Å². The molecule has 1 aromatic carbocycles. The average molecular weight is 303 g/mol. The van der Waals surface area contributed by atoms with Crippen LogP contribution in [0.5, 0.6) is 0 Å². The van der Waals surface area contributed by atoms with Crippen molar-refractivity contribution < 1.29 is 0 Å². The summed E-state index contributed by atoms with van der Waals surface area (Å²) >= 11 is 6.58. The zero-order valence-electron chi connectivity index (χ0n) is 6.47. The van der Waals surface area contributed by atoms with E-state index in [1.54, 1.807) is 6.07 Å². The molecule has 0 amide bonds. The van der Waals surface area contributed by atoms with E-state index in [4.69, 9.17) is 0 Å².